The molecule has 0 spiro atoms. The van der Waals surface area contributed by atoms with E-state index in [1.165, 1.54) is 6.42 Å². The smallest absolute Gasteiger partial charge is 0.247 e. The van der Waals surface area contributed by atoms with Gasteiger partial charge in [0.05, 0.1) is 0 Å². The van der Waals surface area contributed by atoms with E-state index in [-0.39, 0.29) is 30.8 Å². The monoisotopic (exact) mass is 602 g/mol. The van der Waals surface area contributed by atoms with E-state index in [0.717, 1.165) is 56.7 Å². The summed E-state index contributed by atoms with van der Waals surface area (Å²) in [5, 5.41) is 4.39. The second kappa shape index (κ2) is 12.2. The van der Waals surface area contributed by atoms with Gasteiger partial charge >= 0.3 is 0 Å². The summed E-state index contributed by atoms with van der Waals surface area (Å²) >= 11 is 7.14. The molecule has 1 aliphatic carbocycles. The van der Waals surface area contributed by atoms with E-state index >= 15 is 0 Å². The van der Waals surface area contributed by atoms with Gasteiger partial charge in [-0.1, -0.05) is 75.4 Å². The third-order valence-electron chi connectivity index (χ3n) is 6.74. The average Bonchev–Trinajstić information content (AvgIpc) is 3.26. The molecule has 0 aliphatic heterocycles. The molecule has 4 rings (SSSR count). The Hall–Kier alpha value is -2.16. The summed E-state index contributed by atoms with van der Waals surface area (Å²) in [6.45, 7) is 0.646. The molecule has 0 bridgehead atoms. The van der Waals surface area contributed by atoms with Crippen molar-refractivity contribution in [3.05, 3.63) is 68.7 Å². The van der Waals surface area contributed by atoms with E-state index in [1.54, 1.807) is 4.90 Å². The number of H-pyrrole nitrogens is 1. The van der Waals surface area contributed by atoms with Crippen LogP contribution in [-0.4, -0.2) is 40.8 Å². The van der Waals surface area contributed by atoms with Gasteiger partial charge in [-0.2, -0.15) is 0 Å². The number of amides is 2. The minimum atomic E-state index is -0.747. The molecule has 1 aliphatic rings. The fourth-order valence-corrected chi connectivity index (χ4v) is 6.21. The molecule has 1 saturated carbocycles. The third kappa shape index (κ3) is 6.35. The number of carbonyl (C=O) groups excluding carboxylic acids is 2. The van der Waals surface area contributed by atoms with Crippen LogP contribution in [0.4, 0.5) is 0 Å². The van der Waals surface area contributed by atoms with Crippen molar-refractivity contribution in [3.63, 3.8) is 0 Å². The Balaban J connectivity index is 1.66. The first kappa shape index (κ1) is 25.9. The predicted octanol–water partition coefficient (Wildman–Crippen LogP) is 5.60. The van der Waals surface area contributed by atoms with Gasteiger partial charge in [0.2, 0.25) is 11.8 Å². The van der Waals surface area contributed by atoms with Gasteiger partial charge in [0, 0.05) is 51.6 Å². The molecule has 6 nitrogen and oxygen atoms in total. The Morgan fingerprint density at radius 1 is 1.11 bits per heavy atom. The maximum Gasteiger partial charge on any atom is 0.247 e. The molecule has 186 valence electrons. The minimum Gasteiger partial charge on any atom is -0.361 e. The van der Waals surface area contributed by atoms with Crippen LogP contribution in [0.1, 0.15) is 55.7 Å². The number of fused-ring (bicyclic) bond motifs is 1. The van der Waals surface area contributed by atoms with Crippen molar-refractivity contribution in [2.45, 2.75) is 57.0 Å². The van der Waals surface area contributed by atoms with Crippen molar-refractivity contribution in [1.29, 1.82) is 0 Å². The molecule has 0 saturated heterocycles. The average molecular weight is 604 g/mol. The lowest BCUT2D eigenvalue weighted by molar-refractivity contribution is -0.141. The van der Waals surface area contributed by atoms with Crippen LogP contribution in [0.3, 0.4) is 0 Å². The molecule has 4 N–H and O–H groups in total. The Labute approximate surface area is 223 Å². The molecule has 1 heterocycles. The van der Waals surface area contributed by atoms with Gasteiger partial charge in [-0.05, 0) is 48.6 Å². The molecule has 35 heavy (non-hydrogen) atoms. The van der Waals surface area contributed by atoms with Crippen molar-refractivity contribution in [2.24, 2.45) is 5.73 Å². The Morgan fingerprint density at radius 3 is 2.63 bits per heavy atom. The molecule has 8 heteroatoms. The largest absolute Gasteiger partial charge is 0.361 e. The molecule has 2 aromatic carbocycles. The predicted molar refractivity (Wildman–Crippen MR) is 147 cm³/mol. The molecular formula is C27H32Br2N4O2. The van der Waals surface area contributed by atoms with Crippen LogP contribution in [0.25, 0.3) is 10.9 Å². The second-order valence-corrected chi connectivity index (χ2v) is 10.9. The van der Waals surface area contributed by atoms with Gasteiger partial charge in [0.25, 0.3) is 0 Å². The normalized spacial score (nSPS) is 15.2. The first-order valence-electron chi connectivity index (χ1n) is 12.3. The number of nitrogens with one attached hydrogen (secondary N) is 2. The molecule has 0 radical (unpaired) electrons. The van der Waals surface area contributed by atoms with Gasteiger partial charge < -0.3 is 20.9 Å². The number of carbonyl (C=O) groups is 2. The standard InChI is InChI=1S/C27H32Br2N4O2/c28-19-10-11-22(23(29)16-19)26(27(35)32-20-6-2-1-3-7-20)33(25(34)12-14-30)15-13-18-17-31-24-9-5-4-8-21(18)24/h4-5,8-11,16-17,20,26,31H,1-3,6-7,12-15,30H2,(H,32,35). The highest BCUT2D eigenvalue weighted by Gasteiger charge is 2.33. The minimum absolute atomic E-state index is 0.119. The Morgan fingerprint density at radius 2 is 1.89 bits per heavy atom. The number of aromatic amines is 1. The number of nitrogens with two attached hydrogens (primary N) is 1. The number of benzene rings is 2. The van der Waals surface area contributed by atoms with Gasteiger partial charge in [0.1, 0.15) is 6.04 Å². The number of hydrogen-bond donors (Lipinski definition) is 3. The quantitative estimate of drug-likeness (QED) is 0.297. The zero-order valence-electron chi connectivity index (χ0n) is 19.7. The van der Waals surface area contributed by atoms with Gasteiger partial charge in [-0.15, -0.1) is 0 Å². The van der Waals surface area contributed by atoms with Crippen LogP contribution in [0.2, 0.25) is 0 Å². The lowest BCUT2D eigenvalue weighted by Crippen LogP contribution is -2.48. The van der Waals surface area contributed by atoms with Crippen LogP contribution in [0.5, 0.6) is 0 Å². The number of para-hydroxylation sites is 1. The van der Waals surface area contributed by atoms with E-state index < -0.39 is 6.04 Å². The summed E-state index contributed by atoms with van der Waals surface area (Å²) in [4.78, 5) is 32.2. The van der Waals surface area contributed by atoms with Crippen LogP contribution in [0.15, 0.2) is 57.6 Å². The maximum absolute atomic E-state index is 13.8. The molecular weight excluding hydrogens is 572 g/mol. The molecule has 1 atom stereocenters. The van der Waals surface area contributed by atoms with Crippen LogP contribution in [0, 0.1) is 0 Å². The summed E-state index contributed by atoms with van der Waals surface area (Å²) < 4.78 is 1.69. The van der Waals surface area contributed by atoms with Crippen LogP contribution < -0.4 is 11.1 Å². The molecule has 1 fully saturated rings. The summed E-state index contributed by atoms with van der Waals surface area (Å²) in [7, 11) is 0. The van der Waals surface area contributed by atoms with Crippen molar-refractivity contribution < 1.29 is 9.59 Å². The lowest BCUT2D eigenvalue weighted by atomic mass is 9.94. The maximum atomic E-state index is 13.8. The van der Waals surface area contributed by atoms with E-state index in [2.05, 4.69) is 48.2 Å². The van der Waals surface area contributed by atoms with Gasteiger partial charge in [-0.25, -0.2) is 0 Å². The Kier molecular flexibility index (Phi) is 9.03. The summed E-state index contributed by atoms with van der Waals surface area (Å²) in [5.41, 5.74) is 8.73. The van der Waals surface area contributed by atoms with Crippen LogP contribution in [-0.2, 0) is 16.0 Å². The van der Waals surface area contributed by atoms with Crippen molar-refractivity contribution in [1.82, 2.24) is 15.2 Å². The molecule has 2 amide bonds. The second-order valence-electron chi connectivity index (χ2n) is 9.15. The fourth-order valence-electron chi connectivity index (χ4n) is 4.95. The third-order valence-corrected chi connectivity index (χ3v) is 7.92. The van der Waals surface area contributed by atoms with E-state index in [4.69, 9.17) is 5.73 Å². The van der Waals surface area contributed by atoms with Crippen LogP contribution >= 0.6 is 31.9 Å². The van der Waals surface area contributed by atoms with E-state index in [9.17, 15) is 9.59 Å². The summed E-state index contributed by atoms with van der Waals surface area (Å²) in [6.07, 6.45) is 8.21. The number of nitrogens with zero attached hydrogens (tertiary/aromatic N) is 1. The first-order valence-corrected chi connectivity index (χ1v) is 13.9. The zero-order valence-corrected chi connectivity index (χ0v) is 22.9. The van der Waals surface area contributed by atoms with Gasteiger partial charge in [0.15, 0.2) is 0 Å². The molecule has 1 aromatic heterocycles. The van der Waals surface area contributed by atoms with Crippen molar-refractivity contribution in [3.8, 4) is 0 Å². The highest BCUT2D eigenvalue weighted by molar-refractivity contribution is 9.11. The van der Waals surface area contributed by atoms with E-state index in [1.807, 2.05) is 42.6 Å². The molecule has 3 aromatic rings. The number of hydrogen-bond acceptors (Lipinski definition) is 3. The highest BCUT2D eigenvalue weighted by atomic mass is 79.9. The first-order chi connectivity index (χ1) is 17.0. The van der Waals surface area contributed by atoms with E-state index in [0.29, 0.717) is 13.0 Å². The SMILES string of the molecule is NCCC(=O)N(CCc1c[nH]c2ccccc12)C(C(=O)NC1CCCCC1)c1ccc(Br)cc1Br. The molecule has 1 unspecified atom stereocenters. The Bertz CT molecular complexity index is 1170. The van der Waals surface area contributed by atoms with Crippen molar-refractivity contribution >= 4 is 54.6 Å². The van der Waals surface area contributed by atoms with Crippen molar-refractivity contribution in [2.75, 3.05) is 13.1 Å². The fraction of sp³-hybridized carbons (Fsp3) is 0.407. The number of halogens is 2. The summed E-state index contributed by atoms with van der Waals surface area (Å²) in [6, 6.07) is 13.3. The zero-order chi connectivity index (χ0) is 24.8. The topological polar surface area (TPSA) is 91.2 Å². The lowest BCUT2D eigenvalue weighted by Gasteiger charge is -2.34. The number of aromatic nitrogens is 1. The van der Waals surface area contributed by atoms with Gasteiger partial charge in [-0.3, -0.25) is 9.59 Å². The highest BCUT2D eigenvalue weighted by Crippen LogP contribution is 2.32. The summed E-state index contributed by atoms with van der Waals surface area (Å²) in [5.74, 6) is -0.254. The number of rotatable bonds is 9.